The number of primary amides is 1. The summed E-state index contributed by atoms with van der Waals surface area (Å²) in [4.78, 5) is 26.3. The molecular weight excluding hydrogens is 286 g/mol. The molecular formula is C15H21N3O4. The number of carboxylic acids is 1. The van der Waals surface area contributed by atoms with Crippen LogP contribution in [0.2, 0.25) is 0 Å². The molecule has 7 nitrogen and oxygen atoms in total. The molecule has 2 rings (SSSR count). The second-order valence-electron chi connectivity index (χ2n) is 5.35. The van der Waals surface area contributed by atoms with E-state index in [0.717, 1.165) is 5.56 Å². The van der Waals surface area contributed by atoms with E-state index in [0.29, 0.717) is 37.5 Å². The molecule has 1 aliphatic rings. The van der Waals surface area contributed by atoms with E-state index in [1.807, 2.05) is 24.0 Å². The maximum Gasteiger partial charge on any atom is 0.325 e. The first-order chi connectivity index (χ1) is 10.4. The molecule has 1 aromatic rings. The minimum absolute atomic E-state index is 0.424. The van der Waals surface area contributed by atoms with Crippen molar-refractivity contribution >= 4 is 12.0 Å². The molecule has 3 N–H and O–H groups in total. The number of amides is 2. The van der Waals surface area contributed by atoms with Crippen LogP contribution in [0.4, 0.5) is 4.79 Å². The quantitative estimate of drug-likeness (QED) is 0.858. The Labute approximate surface area is 129 Å². The summed E-state index contributed by atoms with van der Waals surface area (Å²) in [7, 11) is 1.53. The molecule has 0 aliphatic carbocycles. The van der Waals surface area contributed by atoms with Crippen LogP contribution in [0.3, 0.4) is 0 Å². The van der Waals surface area contributed by atoms with Gasteiger partial charge >= 0.3 is 12.0 Å². The lowest BCUT2D eigenvalue weighted by Crippen LogP contribution is -2.52. The highest BCUT2D eigenvalue weighted by atomic mass is 16.5. The molecule has 22 heavy (non-hydrogen) atoms. The van der Waals surface area contributed by atoms with Crippen LogP contribution in [0, 0.1) is 6.92 Å². The SMILES string of the molecule is COc1ccc(C)cc1C(C(=O)O)N1CCN(C(N)=O)CC1. The monoisotopic (exact) mass is 307 g/mol. The summed E-state index contributed by atoms with van der Waals surface area (Å²) in [6.07, 6.45) is 0. The molecule has 0 saturated carbocycles. The molecule has 1 aliphatic heterocycles. The van der Waals surface area contributed by atoms with Crippen molar-refractivity contribution in [1.82, 2.24) is 9.80 Å². The van der Waals surface area contributed by atoms with Gasteiger partial charge in [0.2, 0.25) is 0 Å². The third-order valence-corrected chi connectivity index (χ3v) is 3.90. The summed E-state index contributed by atoms with van der Waals surface area (Å²) < 4.78 is 5.31. The van der Waals surface area contributed by atoms with Crippen molar-refractivity contribution in [3.05, 3.63) is 29.3 Å². The van der Waals surface area contributed by atoms with Crippen molar-refractivity contribution < 1.29 is 19.4 Å². The average Bonchev–Trinajstić information content (AvgIpc) is 2.48. The van der Waals surface area contributed by atoms with Gasteiger partial charge in [0.05, 0.1) is 7.11 Å². The fourth-order valence-corrected chi connectivity index (χ4v) is 2.75. The first-order valence-corrected chi connectivity index (χ1v) is 7.10. The molecule has 0 spiro atoms. The van der Waals surface area contributed by atoms with E-state index in [1.54, 1.807) is 6.07 Å². The summed E-state index contributed by atoms with van der Waals surface area (Å²) in [6, 6.07) is 4.22. The first kappa shape index (κ1) is 16.1. The van der Waals surface area contributed by atoms with Crippen LogP contribution in [-0.4, -0.2) is 60.2 Å². The van der Waals surface area contributed by atoms with Crippen molar-refractivity contribution in [1.29, 1.82) is 0 Å². The molecule has 0 radical (unpaired) electrons. The smallest absolute Gasteiger partial charge is 0.325 e. The standard InChI is InChI=1S/C15H21N3O4/c1-10-3-4-12(22-2)11(9-10)13(14(19)20)17-5-7-18(8-6-17)15(16)21/h3-4,9,13H,5-8H2,1-2H3,(H2,16,21)(H,19,20). The largest absolute Gasteiger partial charge is 0.496 e. The zero-order valence-corrected chi connectivity index (χ0v) is 12.8. The minimum atomic E-state index is -0.934. The van der Waals surface area contributed by atoms with E-state index in [4.69, 9.17) is 10.5 Å². The van der Waals surface area contributed by atoms with E-state index in [2.05, 4.69) is 0 Å². The van der Waals surface area contributed by atoms with Crippen LogP contribution in [0.25, 0.3) is 0 Å². The number of hydrogen-bond donors (Lipinski definition) is 2. The van der Waals surface area contributed by atoms with Gasteiger partial charge in [0.25, 0.3) is 0 Å². The number of benzene rings is 1. The van der Waals surface area contributed by atoms with Gasteiger partial charge in [-0.1, -0.05) is 17.7 Å². The third kappa shape index (κ3) is 3.30. The highest BCUT2D eigenvalue weighted by Gasteiger charge is 2.33. The highest BCUT2D eigenvalue weighted by Crippen LogP contribution is 2.31. The molecule has 1 aromatic carbocycles. The van der Waals surface area contributed by atoms with Gasteiger partial charge in [0, 0.05) is 31.7 Å². The molecule has 2 amide bonds. The van der Waals surface area contributed by atoms with Crippen LogP contribution >= 0.6 is 0 Å². The Kier molecular flexibility index (Phi) is 4.87. The number of carbonyl (C=O) groups excluding carboxylic acids is 1. The molecule has 120 valence electrons. The van der Waals surface area contributed by atoms with Crippen LogP contribution in [0.15, 0.2) is 18.2 Å². The Morgan fingerprint density at radius 2 is 1.91 bits per heavy atom. The summed E-state index contributed by atoms with van der Waals surface area (Å²) in [6.45, 7) is 3.67. The van der Waals surface area contributed by atoms with Crippen LogP contribution in [-0.2, 0) is 4.79 Å². The molecule has 1 heterocycles. The second kappa shape index (κ2) is 6.65. The minimum Gasteiger partial charge on any atom is -0.496 e. The fraction of sp³-hybridized carbons (Fsp3) is 0.467. The van der Waals surface area contributed by atoms with Crippen molar-refractivity contribution in [3.63, 3.8) is 0 Å². The van der Waals surface area contributed by atoms with Gasteiger partial charge in [-0.25, -0.2) is 4.79 Å². The molecule has 1 atom stereocenters. The number of nitrogens with zero attached hydrogens (tertiary/aromatic N) is 2. The predicted molar refractivity (Wildman–Crippen MR) is 80.8 cm³/mol. The normalized spacial score (nSPS) is 17.1. The number of methoxy groups -OCH3 is 1. The summed E-state index contributed by atoms with van der Waals surface area (Å²) >= 11 is 0. The lowest BCUT2D eigenvalue weighted by molar-refractivity contribution is -0.144. The molecule has 1 fully saturated rings. The third-order valence-electron chi connectivity index (χ3n) is 3.90. The number of hydrogen-bond acceptors (Lipinski definition) is 4. The maximum absolute atomic E-state index is 11.8. The topological polar surface area (TPSA) is 96.1 Å². The first-order valence-electron chi connectivity index (χ1n) is 7.10. The number of rotatable bonds is 4. The number of carboxylic acid groups (broad SMARTS) is 1. The number of aliphatic carboxylic acids is 1. The van der Waals surface area contributed by atoms with Crippen molar-refractivity contribution in [2.75, 3.05) is 33.3 Å². The van der Waals surface area contributed by atoms with E-state index in [9.17, 15) is 14.7 Å². The van der Waals surface area contributed by atoms with E-state index >= 15 is 0 Å². The fourth-order valence-electron chi connectivity index (χ4n) is 2.75. The van der Waals surface area contributed by atoms with Gasteiger partial charge in [-0.05, 0) is 13.0 Å². The molecule has 1 saturated heterocycles. The zero-order valence-electron chi connectivity index (χ0n) is 12.8. The van der Waals surface area contributed by atoms with Gasteiger partial charge in [-0.2, -0.15) is 0 Å². The Balaban J connectivity index is 2.27. The Morgan fingerprint density at radius 1 is 1.27 bits per heavy atom. The Hall–Kier alpha value is -2.28. The van der Waals surface area contributed by atoms with Crippen LogP contribution < -0.4 is 10.5 Å². The van der Waals surface area contributed by atoms with Gasteiger partial charge < -0.3 is 20.5 Å². The number of urea groups is 1. The van der Waals surface area contributed by atoms with E-state index in [-0.39, 0.29) is 0 Å². The number of nitrogens with two attached hydrogens (primary N) is 1. The lowest BCUT2D eigenvalue weighted by Gasteiger charge is -2.37. The average molecular weight is 307 g/mol. The Morgan fingerprint density at radius 3 is 2.41 bits per heavy atom. The van der Waals surface area contributed by atoms with Gasteiger partial charge in [-0.3, -0.25) is 9.69 Å². The number of aryl methyl sites for hydroxylation is 1. The number of piperazine rings is 1. The number of carbonyl (C=O) groups is 2. The van der Waals surface area contributed by atoms with Crippen LogP contribution in [0.5, 0.6) is 5.75 Å². The van der Waals surface area contributed by atoms with Crippen LogP contribution in [0.1, 0.15) is 17.2 Å². The molecule has 0 aromatic heterocycles. The van der Waals surface area contributed by atoms with Gasteiger partial charge in [0.1, 0.15) is 11.8 Å². The number of ether oxygens (including phenoxy) is 1. The molecule has 7 heteroatoms. The molecule has 0 bridgehead atoms. The van der Waals surface area contributed by atoms with Crippen molar-refractivity contribution in [3.8, 4) is 5.75 Å². The van der Waals surface area contributed by atoms with Crippen molar-refractivity contribution in [2.24, 2.45) is 5.73 Å². The zero-order chi connectivity index (χ0) is 16.3. The van der Waals surface area contributed by atoms with Gasteiger partial charge in [-0.15, -0.1) is 0 Å². The summed E-state index contributed by atoms with van der Waals surface area (Å²) in [5.74, 6) is -0.383. The van der Waals surface area contributed by atoms with E-state index in [1.165, 1.54) is 12.0 Å². The predicted octanol–water partition coefficient (Wildman–Crippen LogP) is 0.826. The maximum atomic E-state index is 11.8. The lowest BCUT2D eigenvalue weighted by atomic mass is 10.0. The Bertz CT molecular complexity index is 568. The van der Waals surface area contributed by atoms with Crippen molar-refractivity contribution in [2.45, 2.75) is 13.0 Å². The van der Waals surface area contributed by atoms with E-state index < -0.39 is 18.0 Å². The summed E-state index contributed by atoms with van der Waals surface area (Å²) in [5.41, 5.74) is 6.85. The molecule has 1 unspecified atom stereocenters. The second-order valence-corrected chi connectivity index (χ2v) is 5.35. The van der Waals surface area contributed by atoms with Gasteiger partial charge in [0.15, 0.2) is 0 Å². The summed E-state index contributed by atoms with van der Waals surface area (Å²) in [5, 5.41) is 9.66. The highest BCUT2D eigenvalue weighted by molar-refractivity contribution is 5.77.